The molecule has 0 heterocycles. The van der Waals surface area contributed by atoms with E-state index < -0.39 is 0 Å². The summed E-state index contributed by atoms with van der Waals surface area (Å²) in [5, 5.41) is 0. The first-order valence-corrected chi connectivity index (χ1v) is 4.48. The fourth-order valence-corrected chi connectivity index (χ4v) is 2.88. The Kier molecular flexibility index (Phi) is 2.47. The lowest BCUT2D eigenvalue weighted by Crippen LogP contribution is -2.25. The molecule has 1 aliphatic carbocycles. The lowest BCUT2D eigenvalue weighted by atomic mass is 10.5. The van der Waals surface area contributed by atoms with E-state index in [-0.39, 0.29) is 0 Å². The predicted octanol–water partition coefficient (Wildman–Crippen LogP) is 0.827. The Bertz CT molecular complexity index is 111. The lowest BCUT2D eigenvalue weighted by Gasteiger charge is -2.04. The number of likely N-dealkylation sites (N-methyl/N-ethyl adjacent to an activating group) is 2. The molecule has 2 unspecified atom stereocenters. The summed E-state index contributed by atoms with van der Waals surface area (Å²) in [6.45, 7) is 0. The van der Waals surface area contributed by atoms with Crippen LogP contribution in [-0.2, 0) is 0 Å². The predicted molar refractivity (Wildman–Crippen MR) is 52.2 cm³/mol. The normalized spacial score (nSPS) is 32.1. The summed E-state index contributed by atoms with van der Waals surface area (Å²) in [7, 11) is 8.53. The van der Waals surface area contributed by atoms with Gasteiger partial charge in [0.1, 0.15) is 0 Å². The average Bonchev–Trinajstić information content (AvgIpc) is 2.40. The maximum absolute atomic E-state index is 2.44. The Labute approximate surface area is 76.7 Å². The zero-order chi connectivity index (χ0) is 7.89. The first-order chi connectivity index (χ1) is 4.55. The van der Waals surface area contributed by atoms with Crippen molar-refractivity contribution in [2.75, 3.05) is 28.2 Å². The second-order valence-corrected chi connectivity index (χ2v) is 4.45. The van der Waals surface area contributed by atoms with E-state index >= 15 is 0 Å². The van der Waals surface area contributed by atoms with Gasteiger partial charge >= 0.3 is 0 Å². The highest BCUT2D eigenvalue weighted by Crippen LogP contribution is 2.45. The van der Waals surface area contributed by atoms with Crippen LogP contribution in [0.5, 0.6) is 0 Å². The van der Waals surface area contributed by atoms with Crippen molar-refractivity contribution >= 4 is 22.6 Å². The van der Waals surface area contributed by atoms with Crippen molar-refractivity contribution in [3.05, 3.63) is 3.92 Å². The van der Waals surface area contributed by atoms with Crippen LogP contribution in [0.1, 0.15) is 0 Å². The van der Waals surface area contributed by atoms with Crippen LogP contribution >= 0.6 is 22.6 Å². The van der Waals surface area contributed by atoms with Gasteiger partial charge in [-0.3, -0.25) is 9.80 Å². The maximum Gasteiger partial charge on any atom is 0.223 e. The van der Waals surface area contributed by atoms with Crippen LogP contribution in [0.2, 0.25) is 0 Å². The molecule has 0 saturated heterocycles. The number of nitrogens with zero attached hydrogens (tertiary/aromatic N) is 2. The van der Waals surface area contributed by atoms with Gasteiger partial charge in [0.05, 0.1) is 0 Å². The highest BCUT2D eigenvalue weighted by molar-refractivity contribution is 14.1. The molecule has 1 fully saturated rings. The van der Waals surface area contributed by atoms with E-state index in [0.717, 1.165) is 0 Å². The molecule has 1 saturated carbocycles. The van der Waals surface area contributed by atoms with Crippen LogP contribution in [-0.4, -0.2) is 50.1 Å². The molecule has 3 heteroatoms. The van der Waals surface area contributed by atoms with Gasteiger partial charge in [-0.1, -0.05) is 0 Å². The average molecular weight is 253 g/mol. The fourth-order valence-electron chi connectivity index (χ4n) is 1.27. The van der Waals surface area contributed by atoms with Crippen molar-refractivity contribution in [2.45, 2.75) is 12.1 Å². The molecule has 0 bridgehead atoms. The first kappa shape index (κ1) is 8.62. The Hall–Kier alpha value is 0.520. The monoisotopic (exact) mass is 253 g/mol. The molecular formula is C7H14IN2+. The van der Waals surface area contributed by atoms with E-state index in [9.17, 15) is 0 Å². The third-order valence-electron chi connectivity index (χ3n) is 1.87. The smallest absolute Gasteiger partial charge is 0.223 e. The largest absolute Gasteiger partial charge is 0.263 e. The summed E-state index contributed by atoms with van der Waals surface area (Å²) >= 11 is 2.44. The molecule has 58 valence electrons. The first-order valence-electron chi connectivity index (χ1n) is 3.40. The summed E-state index contributed by atoms with van der Waals surface area (Å²) in [6.07, 6.45) is 0. The molecule has 10 heavy (non-hydrogen) atoms. The van der Waals surface area contributed by atoms with Gasteiger partial charge in [0, 0.05) is 0 Å². The Morgan fingerprint density at radius 2 is 1.30 bits per heavy atom. The van der Waals surface area contributed by atoms with E-state index in [1.165, 1.54) is 0 Å². The summed E-state index contributed by atoms with van der Waals surface area (Å²) in [6, 6.07) is 1.38. The van der Waals surface area contributed by atoms with Gasteiger partial charge in [-0.05, 0) is 28.2 Å². The van der Waals surface area contributed by atoms with Gasteiger partial charge in [0.15, 0.2) is 0 Å². The van der Waals surface area contributed by atoms with Crippen molar-refractivity contribution in [3.8, 4) is 0 Å². The molecular weight excluding hydrogens is 239 g/mol. The highest BCUT2D eigenvalue weighted by Gasteiger charge is 2.66. The van der Waals surface area contributed by atoms with Crippen molar-refractivity contribution in [2.24, 2.45) is 0 Å². The van der Waals surface area contributed by atoms with E-state index in [1.54, 1.807) is 3.92 Å². The molecule has 0 amide bonds. The number of hydrogen-bond donors (Lipinski definition) is 0. The molecule has 2 nitrogen and oxygen atoms in total. The summed E-state index contributed by atoms with van der Waals surface area (Å²) in [4.78, 5) is 4.54. The molecule has 1 aliphatic rings. The van der Waals surface area contributed by atoms with Gasteiger partial charge in [0.25, 0.3) is 0 Å². The summed E-state index contributed by atoms with van der Waals surface area (Å²) in [5.41, 5.74) is 0. The minimum absolute atomic E-state index is 0.690. The number of hydrogen-bond acceptors (Lipinski definition) is 2. The van der Waals surface area contributed by atoms with Crippen LogP contribution in [0.15, 0.2) is 0 Å². The SMILES string of the molecule is CN(C)C1[C+](I)C1N(C)C. The molecule has 1 rings (SSSR count). The summed E-state index contributed by atoms with van der Waals surface area (Å²) in [5.74, 6) is 0. The second kappa shape index (κ2) is 2.87. The molecule has 2 atom stereocenters. The van der Waals surface area contributed by atoms with Crippen molar-refractivity contribution < 1.29 is 0 Å². The quantitative estimate of drug-likeness (QED) is 0.531. The Morgan fingerprint density at radius 1 is 1.00 bits per heavy atom. The van der Waals surface area contributed by atoms with Gasteiger partial charge in [-0.15, -0.1) is 0 Å². The number of rotatable bonds is 2. The van der Waals surface area contributed by atoms with Crippen molar-refractivity contribution in [1.29, 1.82) is 0 Å². The fraction of sp³-hybridized carbons (Fsp3) is 0.857. The van der Waals surface area contributed by atoms with Crippen LogP contribution in [0.3, 0.4) is 0 Å². The van der Waals surface area contributed by atoms with Gasteiger partial charge in [-0.2, -0.15) is 0 Å². The Balaban J connectivity index is 2.41. The Morgan fingerprint density at radius 3 is 1.40 bits per heavy atom. The van der Waals surface area contributed by atoms with E-state index in [2.05, 4.69) is 60.6 Å². The topological polar surface area (TPSA) is 6.48 Å². The summed E-state index contributed by atoms with van der Waals surface area (Å²) < 4.78 is 1.56. The minimum atomic E-state index is 0.690. The molecule has 0 aromatic rings. The third-order valence-corrected chi connectivity index (χ3v) is 3.14. The third kappa shape index (κ3) is 1.40. The molecule has 0 spiro atoms. The molecule has 0 radical (unpaired) electrons. The van der Waals surface area contributed by atoms with Crippen molar-refractivity contribution in [3.63, 3.8) is 0 Å². The van der Waals surface area contributed by atoms with Gasteiger partial charge in [-0.25, -0.2) is 0 Å². The highest BCUT2D eigenvalue weighted by atomic mass is 127. The van der Waals surface area contributed by atoms with Gasteiger partial charge in [0.2, 0.25) is 38.6 Å². The van der Waals surface area contributed by atoms with E-state index in [0.29, 0.717) is 12.1 Å². The molecule has 0 aliphatic heterocycles. The van der Waals surface area contributed by atoms with Crippen LogP contribution in [0.4, 0.5) is 0 Å². The molecule has 0 aromatic heterocycles. The standard InChI is InChI=1S/C7H14IN2/c1-9(2)6-5(8)7(6)10(3)4/h6-7H,1-4H3/q+1. The van der Waals surface area contributed by atoms with Gasteiger partial charge < -0.3 is 0 Å². The second-order valence-electron chi connectivity index (χ2n) is 3.20. The van der Waals surface area contributed by atoms with Crippen LogP contribution in [0, 0.1) is 3.92 Å². The lowest BCUT2D eigenvalue weighted by molar-refractivity contribution is 0.315. The van der Waals surface area contributed by atoms with E-state index in [4.69, 9.17) is 0 Å². The molecule has 0 N–H and O–H groups in total. The van der Waals surface area contributed by atoms with Crippen molar-refractivity contribution in [1.82, 2.24) is 9.80 Å². The maximum atomic E-state index is 2.44. The zero-order valence-corrected chi connectivity index (χ0v) is 9.08. The zero-order valence-electron chi connectivity index (χ0n) is 6.93. The van der Waals surface area contributed by atoms with Crippen LogP contribution in [0.25, 0.3) is 0 Å². The van der Waals surface area contributed by atoms with E-state index in [1.807, 2.05) is 0 Å². The molecule has 0 aromatic carbocycles. The number of halogens is 1. The van der Waals surface area contributed by atoms with Crippen LogP contribution < -0.4 is 0 Å². The minimum Gasteiger partial charge on any atom is -0.263 e.